The number of hydrogen-bond donors (Lipinski definition) is 2. The first-order chi connectivity index (χ1) is 15.7. The van der Waals surface area contributed by atoms with Crippen LogP contribution in [0.5, 0.6) is 0 Å². The number of rotatable bonds is 7. The van der Waals surface area contributed by atoms with Gasteiger partial charge >= 0.3 is 6.09 Å². The summed E-state index contributed by atoms with van der Waals surface area (Å²) in [5.74, 6) is 0.131. The van der Waals surface area contributed by atoms with Crippen molar-refractivity contribution in [3.8, 4) is 11.5 Å². The number of alkyl carbamates (subject to hydrolysis) is 1. The molecule has 4 rings (SSSR count). The monoisotopic (exact) mass is 429 g/mol. The Morgan fingerprint density at radius 2 is 1.62 bits per heavy atom. The van der Waals surface area contributed by atoms with Crippen LogP contribution >= 0.6 is 0 Å². The number of nitrogens with one attached hydrogen (secondary N) is 2. The van der Waals surface area contributed by atoms with Gasteiger partial charge in [-0.1, -0.05) is 42.5 Å². The minimum atomic E-state index is -0.626. The van der Waals surface area contributed by atoms with Gasteiger partial charge in [0, 0.05) is 12.4 Å². The van der Waals surface area contributed by atoms with E-state index in [1.165, 1.54) is 10.9 Å². The highest BCUT2D eigenvalue weighted by molar-refractivity contribution is 5.98. The Hall–Kier alpha value is -4.60. The van der Waals surface area contributed by atoms with Crippen LogP contribution < -0.4 is 10.7 Å². The molecule has 10 heteroatoms. The van der Waals surface area contributed by atoms with Crippen LogP contribution in [0.3, 0.4) is 0 Å². The molecule has 0 unspecified atom stereocenters. The average Bonchev–Trinajstić information content (AvgIpc) is 3.25. The lowest BCUT2D eigenvalue weighted by Gasteiger charge is -2.12. The predicted molar refractivity (Wildman–Crippen MR) is 115 cm³/mol. The van der Waals surface area contributed by atoms with Gasteiger partial charge in [0.25, 0.3) is 5.91 Å². The number of benzene rings is 1. The van der Waals surface area contributed by atoms with E-state index in [1.807, 2.05) is 30.3 Å². The smallest absolute Gasteiger partial charge is 0.407 e. The number of pyridine rings is 2. The molecule has 2 amide bonds. The summed E-state index contributed by atoms with van der Waals surface area (Å²) in [6.45, 7) is 0.102. The first-order valence-corrected chi connectivity index (χ1v) is 9.73. The van der Waals surface area contributed by atoms with Gasteiger partial charge in [-0.2, -0.15) is 0 Å². The zero-order valence-electron chi connectivity index (χ0n) is 16.9. The number of hydrogen-bond acceptors (Lipinski definition) is 7. The Labute approximate surface area is 183 Å². The van der Waals surface area contributed by atoms with Crippen molar-refractivity contribution in [3.63, 3.8) is 0 Å². The van der Waals surface area contributed by atoms with Gasteiger partial charge in [-0.05, 0) is 29.8 Å². The number of carbonyl (C=O) groups excluding carboxylic acids is 2. The van der Waals surface area contributed by atoms with E-state index in [2.05, 4.69) is 30.9 Å². The van der Waals surface area contributed by atoms with Gasteiger partial charge in [-0.15, -0.1) is 10.2 Å². The van der Waals surface area contributed by atoms with Gasteiger partial charge in [-0.3, -0.25) is 20.2 Å². The summed E-state index contributed by atoms with van der Waals surface area (Å²) < 4.78 is 6.59. The van der Waals surface area contributed by atoms with Crippen LogP contribution in [0.2, 0.25) is 0 Å². The molecule has 0 saturated heterocycles. The van der Waals surface area contributed by atoms with Crippen LogP contribution in [0.1, 0.15) is 21.9 Å². The molecule has 3 heterocycles. The molecule has 4 aromatic rings. The summed E-state index contributed by atoms with van der Waals surface area (Å²) in [5.41, 5.74) is 4.30. The number of aromatic nitrogens is 5. The third-order valence-corrected chi connectivity index (χ3v) is 4.34. The quantitative estimate of drug-likeness (QED) is 0.463. The van der Waals surface area contributed by atoms with Crippen LogP contribution in [-0.4, -0.2) is 36.8 Å². The summed E-state index contributed by atoms with van der Waals surface area (Å²) in [7, 11) is 0. The summed E-state index contributed by atoms with van der Waals surface area (Å²) in [6, 6.07) is 19.6. The first-order valence-electron chi connectivity index (χ1n) is 9.73. The van der Waals surface area contributed by atoms with Crippen molar-refractivity contribution in [2.75, 3.05) is 5.43 Å². The minimum Gasteiger partial charge on any atom is -0.445 e. The molecule has 0 aliphatic carbocycles. The lowest BCUT2D eigenvalue weighted by atomic mass is 10.2. The zero-order chi connectivity index (χ0) is 22.2. The number of ether oxygens (including phenoxy) is 1. The second kappa shape index (κ2) is 9.94. The fourth-order valence-corrected chi connectivity index (χ4v) is 2.79. The van der Waals surface area contributed by atoms with Crippen molar-refractivity contribution in [2.45, 2.75) is 13.2 Å². The zero-order valence-corrected chi connectivity index (χ0v) is 16.9. The highest BCUT2D eigenvalue weighted by Gasteiger charge is 2.19. The van der Waals surface area contributed by atoms with E-state index in [4.69, 9.17) is 4.74 Å². The molecule has 0 atom stereocenters. The molecule has 0 radical (unpaired) electrons. The van der Waals surface area contributed by atoms with Gasteiger partial charge in [0.1, 0.15) is 18.0 Å². The van der Waals surface area contributed by atoms with Crippen molar-refractivity contribution in [1.29, 1.82) is 0 Å². The standard InChI is InChI=1S/C22H19N7O3/c30-21(18-11-5-7-13-24-18)28-29-19(26-27-20(29)17-10-4-6-12-23-17)14-25-22(31)32-15-16-8-2-1-3-9-16/h1-13H,14-15H2,(H,25,31)(H,28,30). The predicted octanol–water partition coefficient (Wildman–Crippen LogP) is 2.55. The third-order valence-electron chi connectivity index (χ3n) is 4.34. The lowest BCUT2D eigenvalue weighted by molar-refractivity contribution is 0.100. The average molecular weight is 429 g/mol. The minimum absolute atomic E-state index is 0.0318. The van der Waals surface area contributed by atoms with Crippen LogP contribution in [0.4, 0.5) is 4.79 Å². The molecule has 10 nitrogen and oxygen atoms in total. The maximum absolute atomic E-state index is 12.7. The van der Waals surface area contributed by atoms with Crippen molar-refractivity contribution in [1.82, 2.24) is 30.2 Å². The van der Waals surface area contributed by atoms with E-state index in [0.717, 1.165) is 5.56 Å². The molecule has 1 aromatic carbocycles. The molecule has 0 fully saturated rings. The van der Waals surface area contributed by atoms with Gasteiger partial charge in [-0.25, -0.2) is 9.47 Å². The van der Waals surface area contributed by atoms with Crippen molar-refractivity contribution in [3.05, 3.63) is 96.2 Å². The number of nitrogens with zero attached hydrogens (tertiary/aromatic N) is 5. The van der Waals surface area contributed by atoms with Crippen LogP contribution in [-0.2, 0) is 17.9 Å². The molecule has 0 bridgehead atoms. The van der Waals surface area contributed by atoms with Gasteiger partial charge < -0.3 is 10.1 Å². The van der Waals surface area contributed by atoms with Crippen molar-refractivity contribution < 1.29 is 14.3 Å². The van der Waals surface area contributed by atoms with E-state index in [9.17, 15) is 9.59 Å². The van der Waals surface area contributed by atoms with Gasteiger partial charge in [0.2, 0.25) is 5.82 Å². The fourth-order valence-electron chi connectivity index (χ4n) is 2.79. The van der Waals surface area contributed by atoms with Gasteiger partial charge in [0.05, 0.1) is 6.54 Å². The normalized spacial score (nSPS) is 10.4. The molecular formula is C22H19N7O3. The summed E-state index contributed by atoms with van der Waals surface area (Å²) in [5, 5.41) is 10.8. The van der Waals surface area contributed by atoms with Crippen molar-refractivity contribution >= 4 is 12.0 Å². The van der Waals surface area contributed by atoms with E-state index in [0.29, 0.717) is 11.5 Å². The van der Waals surface area contributed by atoms with Crippen molar-refractivity contribution in [2.24, 2.45) is 0 Å². The van der Waals surface area contributed by atoms with Gasteiger partial charge in [0.15, 0.2) is 5.82 Å². The highest BCUT2D eigenvalue weighted by atomic mass is 16.5. The largest absolute Gasteiger partial charge is 0.445 e. The summed E-state index contributed by atoms with van der Waals surface area (Å²) >= 11 is 0. The van der Waals surface area contributed by atoms with E-state index < -0.39 is 12.0 Å². The van der Waals surface area contributed by atoms with E-state index >= 15 is 0 Å². The molecular weight excluding hydrogens is 410 g/mol. The Morgan fingerprint density at radius 1 is 0.875 bits per heavy atom. The number of carbonyl (C=O) groups is 2. The number of amides is 2. The molecule has 0 spiro atoms. The van der Waals surface area contributed by atoms with Crippen LogP contribution in [0.25, 0.3) is 11.5 Å². The SMILES string of the molecule is O=C(NCc1nnc(-c2ccccn2)n1NC(=O)c1ccccn1)OCc1ccccc1. The Kier molecular flexibility index (Phi) is 6.42. The fraction of sp³-hybridized carbons (Fsp3) is 0.0909. The van der Waals surface area contributed by atoms with Crippen LogP contribution in [0, 0.1) is 0 Å². The maximum Gasteiger partial charge on any atom is 0.407 e. The first kappa shape index (κ1) is 20.7. The van der Waals surface area contributed by atoms with E-state index in [-0.39, 0.29) is 24.7 Å². The summed E-state index contributed by atoms with van der Waals surface area (Å²) in [6.07, 6.45) is 2.50. The Morgan fingerprint density at radius 3 is 2.34 bits per heavy atom. The lowest BCUT2D eigenvalue weighted by Crippen LogP contribution is -2.30. The molecule has 0 aliphatic heterocycles. The molecule has 2 N–H and O–H groups in total. The molecule has 0 saturated carbocycles. The second-order valence-corrected chi connectivity index (χ2v) is 6.56. The topological polar surface area (TPSA) is 124 Å². The second-order valence-electron chi connectivity index (χ2n) is 6.56. The summed E-state index contributed by atoms with van der Waals surface area (Å²) in [4.78, 5) is 33.1. The Bertz CT molecular complexity index is 1180. The third kappa shape index (κ3) is 5.11. The molecule has 0 aliphatic rings. The molecule has 160 valence electrons. The highest BCUT2D eigenvalue weighted by Crippen LogP contribution is 2.14. The molecule has 3 aromatic heterocycles. The van der Waals surface area contributed by atoms with E-state index in [1.54, 1.807) is 42.6 Å². The Balaban J connectivity index is 1.49. The van der Waals surface area contributed by atoms with Crippen LogP contribution in [0.15, 0.2) is 79.1 Å². The maximum atomic E-state index is 12.7. The molecule has 32 heavy (non-hydrogen) atoms.